The summed E-state index contributed by atoms with van der Waals surface area (Å²) in [6, 6.07) is 10.4. The van der Waals surface area contributed by atoms with E-state index < -0.39 is 5.97 Å². The van der Waals surface area contributed by atoms with Crippen LogP contribution in [0.5, 0.6) is 0 Å². The Morgan fingerprint density at radius 2 is 1.92 bits per heavy atom. The smallest absolute Gasteiger partial charge is 0.323 e. The number of nitrogens with zero attached hydrogens (tertiary/aromatic N) is 3. The Labute approximate surface area is 149 Å². The number of amides is 1. The van der Waals surface area contributed by atoms with Gasteiger partial charge in [0.1, 0.15) is 18.0 Å². The lowest BCUT2D eigenvalue weighted by Crippen LogP contribution is -2.31. The zero-order valence-electron chi connectivity index (χ0n) is 14.0. The second-order valence-corrected chi connectivity index (χ2v) is 5.85. The number of aliphatic carboxylic acids is 1. The van der Waals surface area contributed by atoms with Crippen LogP contribution in [0.15, 0.2) is 48.8 Å². The highest BCUT2D eigenvalue weighted by atomic mass is 16.4. The number of carbonyl (C=O) groups is 2. The minimum Gasteiger partial charge on any atom is -0.480 e. The minimum atomic E-state index is -1.07. The maximum Gasteiger partial charge on any atom is 0.323 e. The van der Waals surface area contributed by atoms with Crippen LogP contribution in [0, 0.1) is 5.41 Å². The van der Waals surface area contributed by atoms with Crippen molar-refractivity contribution < 1.29 is 14.7 Å². The van der Waals surface area contributed by atoms with Crippen molar-refractivity contribution in [2.45, 2.75) is 0 Å². The van der Waals surface area contributed by atoms with E-state index in [1.54, 1.807) is 34.9 Å². The molecule has 0 aliphatic rings. The molecule has 4 N–H and O–H groups in total. The fourth-order valence-corrected chi connectivity index (χ4v) is 2.57. The first-order chi connectivity index (χ1) is 12.3. The fraction of sp³-hybridized carbons (Fsp3) is 0.111. The van der Waals surface area contributed by atoms with Gasteiger partial charge >= 0.3 is 5.97 Å². The number of likely N-dealkylation sites (N-methyl/N-ethyl adjacent to an activating group) is 1. The molecular formula is C18H17N5O3. The summed E-state index contributed by atoms with van der Waals surface area (Å²) in [4.78, 5) is 28.7. The summed E-state index contributed by atoms with van der Waals surface area (Å²) in [6.07, 6.45) is 3.53. The van der Waals surface area contributed by atoms with Crippen LogP contribution < -0.4 is 5.73 Å². The molecule has 2 heterocycles. The second-order valence-electron chi connectivity index (χ2n) is 5.85. The largest absolute Gasteiger partial charge is 0.480 e. The van der Waals surface area contributed by atoms with Gasteiger partial charge in [-0.05, 0) is 12.1 Å². The Hall–Kier alpha value is -3.68. The number of fused-ring (bicyclic) bond motifs is 1. The number of benzene rings is 1. The Bertz CT molecular complexity index is 1010. The molecule has 3 aromatic rings. The molecule has 132 valence electrons. The molecule has 8 nitrogen and oxygen atoms in total. The topological polar surface area (TPSA) is 125 Å². The third-order valence-corrected chi connectivity index (χ3v) is 3.92. The quantitative estimate of drug-likeness (QED) is 0.474. The molecule has 0 saturated heterocycles. The first-order valence-corrected chi connectivity index (χ1v) is 7.76. The van der Waals surface area contributed by atoms with E-state index in [1.165, 1.54) is 7.05 Å². The maximum atomic E-state index is 12.3. The molecule has 0 aliphatic heterocycles. The Balaban J connectivity index is 1.91. The van der Waals surface area contributed by atoms with Gasteiger partial charge in [0.05, 0.1) is 5.69 Å². The number of aromatic nitrogens is 2. The number of rotatable bonds is 5. The summed E-state index contributed by atoms with van der Waals surface area (Å²) < 4.78 is 1.78. The van der Waals surface area contributed by atoms with Gasteiger partial charge in [0, 0.05) is 36.1 Å². The average Bonchev–Trinajstić information content (AvgIpc) is 3.03. The maximum absolute atomic E-state index is 12.3. The van der Waals surface area contributed by atoms with Gasteiger partial charge in [0.2, 0.25) is 0 Å². The normalized spacial score (nSPS) is 10.7. The van der Waals surface area contributed by atoms with E-state index in [-0.39, 0.29) is 18.3 Å². The predicted octanol–water partition coefficient (Wildman–Crippen LogP) is 1.44. The van der Waals surface area contributed by atoms with Gasteiger partial charge in [-0.3, -0.25) is 15.0 Å². The highest BCUT2D eigenvalue weighted by Crippen LogP contribution is 2.20. The zero-order valence-corrected chi connectivity index (χ0v) is 14.0. The Morgan fingerprint density at radius 3 is 2.54 bits per heavy atom. The van der Waals surface area contributed by atoms with Crippen molar-refractivity contribution in [1.29, 1.82) is 5.41 Å². The molecule has 26 heavy (non-hydrogen) atoms. The number of pyridine rings is 1. The lowest BCUT2D eigenvalue weighted by Gasteiger charge is -2.14. The molecule has 2 aromatic heterocycles. The summed E-state index contributed by atoms with van der Waals surface area (Å²) in [5.41, 5.74) is 8.59. The van der Waals surface area contributed by atoms with Gasteiger partial charge in [-0.2, -0.15) is 0 Å². The first kappa shape index (κ1) is 17.2. The number of nitrogens with two attached hydrogens (primary N) is 1. The Morgan fingerprint density at radius 1 is 1.23 bits per heavy atom. The van der Waals surface area contributed by atoms with Crippen molar-refractivity contribution in [3.05, 3.63) is 59.9 Å². The van der Waals surface area contributed by atoms with Gasteiger partial charge in [-0.25, -0.2) is 4.98 Å². The van der Waals surface area contributed by atoms with Gasteiger partial charge < -0.3 is 20.1 Å². The van der Waals surface area contributed by atoms with Crippen LogP contribution in [-0.2, 0) is 4.79 Å². The van der Waals surface area contributed by atoms with E-state index >= 15 is 0 Å². The lowest BCUT2D eigenvalue weighted by atomic mass is 10.1. The molecule has 3 rings (SSSR count). The molecule has 0 spiro atoms. The van der Waals surface area contributed by atoms with Crippen molar-refractivity contribution >= 4 is 23.4 Å². The molecular weight excluding hydrogens is 334 g/mol. The molecule has 0 saturated carbocycles. The van der Waals surface area contributed by atoms with Gasteiger partial charge in [0.15, 0.2) is 0 Å². The van der Waals surface area contributed by atoms with Crippen LogP contribution in [-0.4, -0.2) is 50.7 Å². The SMILES string of the molecule is CN(CC(=O)O)C(=O)c1ccn2cc(-c3ccc(C(=N)N)cc3)nc2c1. The number of imidazole rings is 1. The molecule has 0 radical (unpaired) electrons. The molecule has 1 aromatic carbocycles. The van der Waals surface area contributed by atoms with Crippen molar-refractivity contribution in [1.82, 2.24) is 14.3 Å². The van der Waals surface area contributed by atoms with Crippen LogP contribution in [0.2, 0.25) is 0 Å². The summed E-state index contributed by atoms with van der Waals surface area (Å²) in [7, 11) is 1.44. The highest BCUT2D eigenvalue weighted by Gasteiger charge is 2.15. The summed E-state index contributed by atoms with van der Waals surface area (Å²) in [6.45, 7) is -0.369. The monoisotopic (exact) mass is 351 g/mol. The van der Waals surface area contributed by atoms with Crippen molar-refractivity contribution in [3.63, 3.8) is 0 Å². The Kier molecular flexibility index (Phi) is 4.40. The number of carbonyl (C=O) groups excluding carboxylic acids is 1. The molecule has 0 atom stereocenters. The van der Waals surface area contributed by atoms with Crippen LogP contribution in [0.25, 0.3) is 16.9 Å². The fourth-order valence-electron chi connectivity index (χ4n) is 2.57. The summed E-state index contributed by atoms with van der Waals surface area (Å²) in [5.74, 6) is -1.45. The average molecular weight is 351 g/mol. The first-order valence-electron chi connectivity index (χ1n) is 7.76. The molecule has 0 fully saturated rings. The number of nitrogens with one attached hydrogen (secondary N) is 1. The lowest BCUT2D eigenvalue weighted by molar-refractivity contribution is -0.137. The third-order valence-electron chi connectivity index (χ3n) is 3.92. The molecule has 1 amide bonds. The molecule has 0 unspecified atom stereocenters. The van der Waals surface area contributed by atoms with E-state index in [2.05, 4.69) is 4.98 Å². The van der Waals surface area contributed by atoms with Crippen LogP contribution >= 0.6 is 0 Å². The van der Waals surface area contributed by atoms with E-state index in [9.17, 15) is 9.59 Å². The number of hydrogen-bond donors (Lipinski definition) is 3. The van der Waals surface area contributed by atoms with Gasteiger partial charge in [-0.1, -0.05) is 24.3 Å². The second kappa shape index (κ2) is 6.67. The van der Waals surface area contributed by atoms with Crippen molar-refractivity contribution in [2.75, 3.05) is 13.6 Å². The molecule has 0 bridgehead atoms. The van der Waals surface area contributed by atoms with E-state index in [1.807, 2.05) is 18.3 Å². The van der Waals surface area contributed by atoms with E-state index in [0.717, 1.165) is 10.5 Å². The highest BCUT2D eigenvalue weighted by molar-refractivity contribution is 5.96. The molecule has 0 aliphatic carbocycles. The number of amidine groups is 1. The third kappa shape index (κ3) is 3.39. The molecule has 8 heteroatoms. The number of hydrogen-bond acceptors (Lipinski definition) is 4. The zero-order chi connectivity index (χ0) is 18.8. The number of nitrogen functional groups attached to an aromatic ring is 1. The standard InChI is InChI=1S/C18H17N5O3/c1-22(10-16(24)25)18(26)13-6-7-23-9-14(21-15(23)8-13)11-2-4-12(5-3-11)17(19)20/h2-9H,10H2,1H3,(H3,19,20)(H,24,25). The van der Waals surface area contributed by atoms with E-state index in [0.29, 0.717) is 22.5 Å². The van der Waals surface area contributed by atoms with Crippen LogP contribution in [0.4, 0.5) is 0 Å². The predicted molar refractivity (Wildman–Crippen MR) is 96.2 cm³/mol. The van der Waals surface area contributed by atoms with Crippen LogP contribution in [0.3, 0.4) is 0 Å². The van der Waals surface area contributed by atoms with E-state index in [4.69, 9.17) is 16.2 Å². The number of carboxylic acids is 1. The van der Waals surface area contributed by atoms with Gasteiger partial charge in [-0.15, -0.1) is 0 Å². The minimum absolute atomic E-state index is 0.000173. The van der Waals surface area contributed by atoms with Crippen molar-refractivity contribution in [2.24, 2.45) is 5.73 Å². The van der Waals surface area contributed by atoms with Crippen LogP contribution in [0.1, 0.15) is 15.9 Å². The number of carboxylic acid groups (broad SMARTS) is 1. The summed E-state index contributed by atoms with van der Waals surface area (Å²) >= 11 is 0. The van der Waals surface area contributed by atoms with Gasteiger partial charge in [0.25, 0.3) is 5.91 Å². The summed E-state index contributed by atoms with van der Waals surface area (Å²) in [5, 5.41) is 16.2. The van der Waals surface area contributed by atoms with Crippen molar-refractivity contribution in [3.8, 4) is 11.3 Å².